The van der Waals surface area contributed by atoms with Gasteiger partial charge in [0.1, 0.15) is 6.07 Å². The minimum Gasteiger partial charge on any atom is -0.370 e. The fourth-order valence-corrected chi connectivity index (χ4v) is 5.85. The summed E-state index contributed by atoms with van der Waals surface area (Å²) in [4.78, 5) is 16.6. The molecule has 0 saturated carbocycles. The number of fused-ring (bicyclic) bond motifs is 2. The summed E-state index contributed by atoms with van der Waals surface area (Å²) >= 11 is 0. The van der Waals surface area contributed by atoms with Gasteiger partial charge in [-0.15, -0.1) is 0 Å². The second kappa shape index (κ2) is 10.0. The largest absolute Gasteiger partial charge is 0.370 e. The average Bonchev–Trinajstić information content (AvgIpc) is 2.92. The second-order valence-electron chi connectivity index (χ2n) is 10.1. The predicted molar refractivity (Wildman–Crippen MR) is 141 cm³/mol. The van der Waals surface area contributed by atoms with Gasteiger partial charge >= 0.3 is 0 Å². The molecule has 0 amide bonds. The number of aromatic nitrogens is 2. The molecule has 2 fully saturated rings. The van der Waals surface area contributed by atoms with Crippen LogP contribution in [0.15, 0.2) is 42.7 Å². The van der Waals surface area contributed by atoms with Gasteiger partial charge in [-0.3, -0.25) is 14.9 Å². The Hall–Kier alpha value is -3.25. The van der Waals surface area contributed by atoms with Crippen molar-refractivity contribution in [3.63, 3.8) is 0 Å². The molecular weight excluding hydrogens is 450 g/mol. The van der Waals surface area contributed by atoms with Crippen LogP contribution in [0.5, 0.6) is 0 Å². The molecule has 5 heterocycles. The fourth-order valence-electron chi connectivity index (χ4n) is 5.85. The zero-order valence-corrected chi connectivity index (χ0v) is 20.9. The topological polar surface area (TPSA) is 80.6 Å². The minimum absolute atomic E-state index is 0.139. The van der Waals surface area contributed by atoms with E-state index in [-0.39, 0.29) is 12.2 Å². The van der Waals surface area contributed by atoms with Crippen LogP contribution in [0.2, 0.25) is 0 Å². The molecule has 2 unspecified atom stereocenters. The number of anilines is 2. The van der Waals surface area contributed by atoms with Crippen molar-refractivity contribution in [3.05, 3.63) is 59.5 Å². The van der Waals surface area contributed by atoms with Gasteiger partial charge in [0.2, 0.25) is 0 Å². The van der Waals surface area contributed by atoms with Crippen LogP contribution in [0.25, 0.3) is 10.9 Å². The van der Waals surface area contributed by atoms with Gasteiger partial charge in [0.15, 0.2) is 0 Å². The summed E-state index contributed by atoms with van der Waals surface area (Å²) in [6.45, 7) is 10.7. The van der Waals surface area contributed by atoms with E-state index in [1.54, 1.807) is 6.20 Å². The normalized spacial score (nSPS) is 22.9. The number of piperazine rings is 1. The predicted octanol–water partition coefficient (Wildman–Crippen LogP) is 2.56. The molecule has 186 valence electrons. The maximum atomic E-state index is 9.51. The first-order valence-corrected chi connectivity index (χ1v) is 13.0. The Balaban J connectivity index is 1.11. The van der Waals surface area contributed by atoms with Crippen molar-refractivity contribution in [3.8, 4) is 6.07 Å². The number of hydrogen-bond donors (Lipinski definition) is 1. The highest BCUT2D eigenvalue weighted by atomic mass is 16.5. The molecule has 0 bridgehead atoms. The van der Waals surface area contributed by atoms with Crippen LogP contribution in [0.1, 0.15) is 23.7 Å². The molecule has 36 heavy (non-hydrogen) atoms. The number of pyridine rings is 2. The standard InChI is InChI=1S/C28H33N7O/c1-20-17-35(27-5-4-22(14-29)28-25(27)3-2-7-31-28)19-24(36-20)18-33-9-11-34(12-10-33)23-13-21-6-8-30-16-26(21)32-15-23/h2-5,7,13,15,20,24,30H,6,8-12,16-19H2,1H3. The van der Waals surface area contributed by atoms with Gasteiger partial charge in [-0.1, -0.05) is 0 Å². The van der Waals surface area contributed by atoms with E-state index in [4.69, 9.17) is 9.72 Å². The highest BCUT2D eigenvalue weighted by molar-refractivity contribution is 5.95. The van der Waals surface area contributed by atoms with E-state index in [2.05, 4.69) is 56.2 Å². The molecule has 3 aliphatic rings. The van der Waals surface area contributed by atoms with E-state index < -0.39 is 0 Å². The molecule has 0 spiro atoms. The Morgan fingerprint density at radius 2 is 2.00 bits per heavy atom. The summed E-state index contributed by atoms with van der Waals surface area (Å²) < 4.78 is 6.39. The monoisotopic (exact) mass is 483 g/mol. The number of morpholine rings is 1. The average molecular weight is 484 g/mol. The number of nitriles is 1. The van der Waals surface area contributed by atoms with Crippen LogP contribution in [-0.4, -0.2) is 79.4 Å². The van der Waals surface area contributed by atoms with Crippen molar-refractivity contribution in [1.29, 1.82) is 5.26 Å². The molecule has 0 aliphatic carbocycles. The fraction of sp³-hybridized carbons (Fsp3) is 0.464. The molecule has 8 heteroatoms. The van der Waals surface area contributed by atoms with Crippen LogP contribution in [0, 0.1) is 11.3 Å². The number of rotatable bonds is 4. The minimum atomic E-state index is 0.139. The molecule has 1 N–H and O–H groups in total. The summed E-state index contributed by atoms with van der Waals surface area (Å²) in [7, 11) is 0. The Morgan fingerprint density at radius 3 is 2.86 bits per heavy atom. The summed E-state index contributed by atoms with van der Waals surface area (Å²) in [5, 5.41) is 13.9. The molecule has 2 atom stereocenters. The molecule has 2 aromatic heterocycles. The van der Waals surface area contributed by atoms with Crippen LogP contribution in [0.3, 0.4) is 0 Å². The van der Waals surface area contributed by atoms with E-state index in [1.807, 2.05) is 18.3 Å². The molecule has 0 radical (unpaired) electrons. The number of ether oxygens (including phenoxy) is 1. The van der Waals surface area contributed by atoms with Crippen molar-refractivity contribution in [1.82, 2.24) is 20.2 Å². The van der Waals surface area contributed by atoms with Gasteiger partial charge in [0.05, 0.1) is 40.9 Å². The molecule has 8 nitrogen and oxygen atoms in total. The van der Waals surface area contributed by atoms with Crippen LogP contribution in [0.4, 0.5) is 11.4 Å². The number of nitrogens with one attached hydrogen (secondary N) is 1. The van der Waals surface area contributed by atoms with E-state index in [0.717, 1.165) is 81.9 Å². The first kappa shape index (κ1) is 23.2. The van der Waals surface area contributed by atoms with E-state index in [0.29, 0.717) is 5.56 Å². The van der Waals surface area contributed by atoms with Gasteiger partial charge in [-0.25, -0.2) is 0 Å². The first-order chi connectivity index (χ1) is 17.7. The highest BCUT2D eigenvalue weighted by Crippen LogP contribution is 2.30. The van der Waals surface area contributed by atoms with Crippen molar-refractivity contribution in [2.75, 3.05) is 62.2 Å². The molecular formula is C28H33N7O. The number of hydrogen-bond acceptors (Lipinski definition) is 8. The summed E-state index contributed by atoms with van der Waals surface area (Å²) in [6.07, 6.45) is 5.15. The lowest BCUT2D eigenvalue weighted by Crippen LogP contribution is -2.54. The Kier molecular flexibility index (Phi) is 6.45. The Bertz CT molecular complexity index is 1280. The maximum Gasteiger partial charge on any atom is 0.101 e. The van der Waals surface area contributed by atoms with Gasteiger partial charge in [0.25, 0.3) is 0 Å². The SMILES string of the molecule is CC1CN(c2ccc(C#N)c3ncccc23)CC(CN2CCN(c3cnc4c(c3)CCNC4)CC2)O1. The highest BCUT2D eigenvalue weighted by Gasteiger charge is 2.29. The summed E-state index contributed by atoms with van der Waals surface area (Å²) in [6, 6.07) is 12.6. The first-order valence-electron chi connectivity index (χ1n) is 13.0. The lowest BCUT2D eigenvalue weighted by atomic mass is 10.1. The number of nitrogens with zero attached hydrogens (tertiary/aromatic N) is 6. The third-order valence-corrected chi connectivity index (χ3v) is 7.64. The maximum absolute atomic E-state index is 9.51. The lowest BCUT2D eigenvalue weighted by molar-refractivity contribution is -0.0327. The van der Waals surface area contributed by atoms with E-state index >= 15 is 0 Å². The van der Waals surface area contributed by atoms with Crippen molar-refractivity contribution < 1.29 is 4.74 Å². The molecule has 2 saturated heterocycles. The third-order valence-electron chi connectivity index (χ3n) is 7.64. The Morgan fingerprint density at radius 1 is 1.11 bits per heavy atom. The number of benzene rings is 1. The van der Waals surface area contributed by atoms with E-state index in [9.17, 15) is 5.26 Å². The Labute approximate surface area is 212 Å². The molecule has 1 aromatic carbocycles. The van der Waals surface area contributed by atoms with Crippen molar-refractivity contribution >= 4 is 22.3 Å². The zero-order valence-electron chi connectivity index (χ0n) is 20.9. The van der Waals surface area contributed by atoms with Crippen molar-refractivity contribution in [2.45, 2.75) is 32.1 Å². The van der Waals surface area contributed by atoms with Gasteiger partial charge < -0.3 is 19.9 Å². The molecule has 3 aliphatic heterocycles. The van der Waals surface area contributed by atoms with Gasteiger partial charge in [-0.05, 0) is 55.8 Å². The lowest BCUT2D eigenvalue weighted by Gasteiger charge is -2.42. The summed E-state index contributed by atoms with van der Waals surface area (Å²) in [5.74, 6) is 0. The van der Waals surface area contributed by atoms with E-state index in [1.165, 1.54) is 16.9 Å². The van der Waals surface area contributed by atoms with Gasteiger partial charge in [0, 0.05) is 69.6 Å². The van der Waals surface area contributed by atoms with Gasteiger partial charge in [-0.2, -0.15) is 5.26 Å². The van der Waals surface area contributed by atoms with Crippen LogP contribution < -0.4 is 15.1 Å². The third kappa shape index (κ3) is 4.62. The zero-order chi connectivity index (χ0) is 24.5. The smallest absolute Gasteiger partial charge is 0.101 e. The van der Waals surface area contributed by atoms with Crippen LogP contribution >= 0.6 is 0 Å². The molecule has 6 rings (SSSR count). The van der Waals surface area contributed by atoms with Crippen molar-refractivity contribution in [2.24, 2.45) is 0 Å². The quantitative estimate of drug-likeness (QED) is 0.607. The molecule has 3 aromatic rings. The summed E-state index contributed by atoms with van der Waals surface area (Å²) in [5.41, 5.74) is 6.38. The van der Waals surface area contributed by atoms with Crippen LogP contribution in [-0.2, 0) is 17.7 Å². The second-order valence-corrected chi connectivity index (χ2v) is 10.1.